The number of thiazole rings is 1. The smallest absolute Gasteiger partial charge is 0.279 e. The second kappa shape index (κ2) is 10.7. The van der Waals surface area contributed by atoms with E-state index in [1.54, 1.807) is 0 Å². The fourth-order valence-corrected chi connectivity index (χ4v) is 5.83. The van der Waals surface area contributed by atoms with Gasteiger partial charge in [0.1, 0.15) is 5.75 Å². The topological polar surface area (TPSA) is 81.0 Å². The zero-order valence-electron chi connectivity index (χ0n) is 18.7. The molecule has 0 aliphatic rings. The highest BCUT2D eigenvalue weighted by atomic mass is 32.2. The highest BCUT2D eigenvalue weighted by Gasteiger charge is 2.22. The number of hydrogen-bond acceptors (Lipinski definition) is 5. The minimum Gasteiger partial charge on any atom is -0.494 e. The first-order valence-electron chi connectivity index (χ1n) is 10.5. The van der Waals surface area contributed by atoms with Gasteiger partial charge in [0.15, 0.2) is 4.80 Å². The van der Waals surface area contributed by atoms with Crippen LogP contribution in [0.25, 0.3) is 10.2 Å². The quantitative estimate of drug-likeness (QED) is 0.403. The number of aryl methyl sites for hydroxylation is 1. The molecule has 0 N–H and O–H groups in total. The zero-order valence-corrected chi connectivity index (χ0v) is 20.4. The normalized spacial score (nSPS) is 12.3. The number of fused-ring (bicyclic) bond motifs is 1. The second-order valence-corrected chi connectivity index (χ2v) is 9.98. The van der Waals surface area contributed by atoms with Crippen LogP contribution in [0.2, 0.25) is 0 Å². The van der Waals surface area contributed by atoms with E-state index in [0.29, 0.717) is 23.5 Å². The number of benzene rings is 2. The van der Waals surface area contributed by atoms with Gasteiger partial charge in [0.2, 0.25) is 10.0 Å². The lowest BCUT2D eigenvalue weighted by molar-refractivity contribution is 0.0997. The van der Waals surface area contributed by atoms with Crippen LogP contribution >= 0.6 is 11.3 Å². The average Bonchev–Trinajstić information content (AvgIpc) is 3.15. The Morgan fingerprint density at radius 2 is 1.79 bits per heavy atom. The van der Waals surface area contributed by atoms with Crippen LogP contribution in [-0.4, -0.2) is 42.9 Å². The van der Waals surface area contributed by atoms with Gasteiger partial charge in [-0.05, 0) is 56.3 Å². The Kier molecular flexibility index (Phi) is 8.01. The van der Waals surface area contributed by atoms with Gasteiger partial charge in [0.25, 0.3) is 5.91 Å². The molecule has 0 aliphatic carbocycles. The maximum Gasteiger partial charge on any atom is 0.279 e. The third-order valence-electron chi connectivity index (χ3n) is 4.88. The third-order valence-corrected chi connectivity index (χ3v) is 7.77. The first-order chi connectivity index (χ1) is 15.8. The standard InChI is InChI=1S/C24H27N3O4S2/c1-5-15-26(16-6-2)33(29,30)20-12-9-18(10-13-20)23(28)25-24-27(7-3)21-14-11-19(31-8-4)17-22(21)32-24/h5-6,9-14,17H,1-2,7-8,15-16H2,3-4H3. The second-order valence-electron chi connectivity index (χ2n) is 7.03. The molecule has 0 radical (unpaired) electrons. The highest BCUT2D eigenvalue weighted by Crippen LogP contribution is 2.23. The van der Waals surface area contributed by atoms with Crippen LogP contribution in [-0.2, 0) is 16.6 Å². The van der Waals surface area contributed by atoms with Crippen LogP contribution in [0.5, 0.6) is 5.75 Å². The Morgan fingerprint density at radius 3 is 2.36 bits per heavy atom. The van der Waals surface area contributed by atoms with Gasteiger partial charge in [-0.25, -0.2) is 8.42 Å². The molecule has 2 aromatic carbocycles. The van der Waals surface area contributed by atoms with E-state index in [9.17, 15) is 13.2 Å². The summed E-state index contributed by atoms with van der Waals surface area (Å²) < 4.78 is 35.5. The largest absolute Gasteiger partial charge is 0.494 e. The van der Waals surface area contributed by atoms with Crippen LogP contribution < -0.4 is 9.54 Å². The number of ether oxygens (including phenoxy) is 1. The summed E-state index contributed by atoms with van der Waals surface area (Å²) in [6, 6.07) is 11.6. The Morgan fingerprint density at radius 1 is 1.12 bits per heavy atom. The predicted molar refractivity (Wildman–Crippen MR) is 132 cm³/mol. The lowest BCUT2D eigenvalue weighted by Crippen LogP contribution is -2.31. The van der Waals surface area contributed by atoms with Crippen LogP contribution in [0, 0.1) is 0 Å². The van der Waals surface area contributed by atoms with Crippen molar-refractivity contribution in [2.45, 2.75) is 25.3 Å². The van der Waals surface area contributed by atoms with E-state index in [-0.39, 0.29) is 18.0 Å². The molecule has 174 valence electrons. The van der Waals surface area contributed by atoms with Crippen molar-refractivity contribution in [1.82, 2.24) is 8.87 Å². The number of carbonyl (C=O) groups excluding carboxylic acids is 1. The average molecular weight is 486 g/mol. The molecule has 3 aromatic rings. The molecular formula is C24H27N3O4S2. The molecule has 0 saturated carbocycles. The zero-order chi connectivity index (χ0) is 24.0. The van der Waals surface area contributed by atoms with Gasteiger partial charge in [-0.1, -0.05) is 23.5 Å². The van der Waals surface area contributed by atoms with Crippen molar-refractivity contribution in [2.75, 3.05) is 19.7 Å². The molecule has 1 aromatic heterocycles. The van der Waals surface area contributed by atoms with Crippen LogP contribution in [0.3, 0.4) is 0 Å². The van der Waals surface area contributed by atoms with Gasteiger partial charge in [-0.2, -0.15) is 9.30 Å². The summed E-state index contributed by atoms with van der Waals surface area (Å²) in [6.07, 6.45) is 3.03. The Labute approximate surface area is 198 Å². The van der Waals surface area contributed by atoms with Gasteiger partial charge >= 0.3 is 0 Å². The number of amides is 1. The Bertz CT molecular complexity index is 1330. The van der Waals surface area contributed by atoms with E-state index in [1.807, 2.05) is 36.6 Å². The molecule has 0 saturated heterocycles. The first-order valence-corrected chi connectivity index (χ1v) is 12.8. The molecule has 9 heteroatoms. The van der Waals surface area contributed by atoms with Gasteiger partial charge in [0, 0.05) is 25.2 Å². The Hall–Kier alpha value is -3.01. The van der Waals surface area contributed by atoms with E-state index in [1.165, 1.54) is 52.1 Å². The number of hydrogen-bond donors (Lipinski definition) is 0. The van der Waals surface area contributed by atoms with E-state index in [2.05, 4.69) is 18.2 Å². The number of sulfonamides is 1. The SMILES string of the molecule is C=CCN(CC=C)S(=O)(=O)c1ccc(C(=O)N=c2sc3cc(OCC)ccc3n2CC)cc1. The summed E-state index contributed by atoms with van der Waals surface area (Å²) >= 11 is 1.41. The number of aromatic nitrogens is 1. The van der Waals surface area contributed by atoms with Crippen LogP contribution in [0.15, 0.2) is 77.7 Å². The fourth-order valence-electron chi connectivity index (χ4n) is 3.33. The van der Waals surface area contributed by atoms with Gasteiger partial charge in [-0.3, -0.25) is 4.79 Å². The van der Waals surface area contributed by atoms with Crippen molar-refractivity contribution >= 4 is 37.5 Å². The molecule has 0 aliphatic heterocycles. The first kappa shape index (κ1) is 24.6. The maximum atomic E-state index is 12.9. The number of carbonyl (C=O) groups is 1. The summed E-state index contributed by atoms with van der Waals surface area (Å²) in [4.78, 5) is 17.8. The van der Waals surface area contributed by atoms with Crippen molar-refractivity contribution in [1.29, 1.82) is 0 Å². The molecule has 0 atom stereocenters. The number of nitrogens with zero attached hydrogens (tertiary/aromatic N) is 3. The third kappa shape index (κ3) is 5.32. The number of rotatable bonds is 10. The summed E-state index contributed by atoms with van der Waals surface area (Å²) in [5, 5.41) is 0. The van der Waals surface area contributed by atoms with E-state index < -0.39 is 15.9 Å². The molecular weight excluding hydrogens is 458 g/mol. The molecule has 0 bridgehead atoms. The molecule has 1 amide bonds. The van der Waals surface area contributed by atoms with Crippen LogP contribution in [0.1, 0.15) is 24.2 Å². The minimum absolute atomic E-state index is 0.0942. The molecule has 0 unspecified atom stereocenters. The van der Waals surface area contributed by atoms with Crippen molar-refractivity contribution in [3.05, 3.63) is 78.1 Å². The summed E-state index contributed by atoms with van der Waals surface area (Å²) in [6.45, 7) is 12.7. The summed E-state index contributed by atoms with van der Waals surface area (Å²) in [5.74, 6) is 0.331. The van der Waals surface area contributed by atoms with Crippen molar-refractivity contribution < 1.29 is 17.9 Å². The molecule has 3 rings (SSSR count). The monoisotopic (exact) mass is 485 g/mol. The van der Waals surface area contributed by atoms with Crippen molar-refractivity contribution in [3.63, 3.8) is 0 Å². The molecule has 7 nitrogen and oxygen atoms in total. The van der Waals surface area contributed by atoms with E-state index in [4.69, 9.17) is 4.74 Å². The van der Waals surface area contributed by atoms with Gasteiger partial charge in [-0.15, -0.1) is 13.2 Å². The summed E-state index contributed by atoms with van der Waals surface area (Å²) in [7, 11) is -3.73. The van der Waals surface area contributed by atoms with Crippen molar-refractivity contribution in [3.8, 4) is 5.75 Å². The van der Waals surface area contributed by atoms with Crippen LogP contribution in [0.4, 0.5) is 0 Å². The molecule has 33 heavy (non-hydrogen) atoms. The van der Waals surface area contributed by atoms with E-state index in [0.717, 1.165) is 16.0 Å². The lowest BCUT2D eigenvalue weighted by Gasteiger charge is -2.19. The predicted octanol–water partition coefficient (Wildman–Crippen LogP) is 4.23. The fraction of sp³-hybridized carbons (Fsp3) is 0.250. The molecule has 0 fully saturated rings. The molecule has 1 heterocycles. The maximum absolute atomic E-state index is 12.9. The summed E-state index contributed by atoms with van der Waals surface area (Å²) in [5.41, 5.74) is 1.28. The van der Waals surface area contributed by atoms with Crippen molar-refractivity contribution in [2.24, 2.45) is 4.99 Å². The minimum atomic E-state index is -3.73. The van der Waals surface area contributed by atoms with Gasteiger partial charge < -0.3 is 9.30 Å². The highest BCUT2D eigenvalue weighted by molar-refractivity contribution is 7.89. The molecule has 0 spiro atoms. The Balaban J connectivity index is 1.94. The lowest BCUT2D eigenvalue weighted by atomic mass is 10.2. The van der Waals surface area contributed by atoms with Gasteiger partial charge in [0.05, 0.1) is 21.7 Å². The van der Waals surface area contributed by atoms with E-state index >= 15 is 0 Å².